The SMILES string of the molecule is O=C(Oc1ccc2cnnn2c1)N1CCNCC1. The Hall–Kier alpha value is -2.15. The van der Waals surface area contributed by atoms with Gasteiger partial charge in [0, 0.05) is 26.2 Å². The van der Waals surface area contributed by atoms with E-state index in [4.69, 9.17) is 4.74 Å². The summed E-state index contributed by atoms with van der Waals surface area (Å²) in [4.78, 5) is 13.6. The largest absolute Gasteiger partial charge is 0.415 e. The maximum atomic E-state index is 11.9. The number of nitrogens with one attached hydrogen (secondary N) is 1. The first-order chi connectivity index (χ1) is 8.83. The number of amides is 1. The molecule has 0 spiro atoms. The van der Waals surface area contributed by atoms with Crippen LogP contribution in [0.25, 0.3) is 5.52 Å². The zero-order chi connectivity index (χ0) is 12.4. The van der Waals surface area contributed by atoms with E-state index in [1.54, 1.807) is 33.9 Å². The van der Waals surface area contributed by atoms with Crippen LogP contribution in [0.15, 0.2) is 24.5 Å². The minimum Gasteiger partial charge on any atom is -0.409 e. The maximum Gasteiger partial charge on any atom is 0.415 e. The highest BCUT2D eigenvalue weighted by molar-refractivity contribution is 5.70. The van der Waals surface area contributed by atoms with Crippen molar-refractivity contribution in [3.05, 3.63) is 24.5 Å². The van der Waals surface area contributed by atoms with Crippen molar-refractivity contribution in [3.63, 3.8) is 0 Å². The second-order valence-corrected chi connectivity index (χ2v) is 4.07. The van der Waals surface area contributed by atoms with E-state index in [2.05, 4.69) is 15.6 Å². The molecule has 1 aliphatic rings. The number of piperazine rings is 1. The van der Waals surface area contributed by atoms with Gasteiger partial charge in [-0.3, -0.25) is 0 Å². The first kappa shape index (κ1) is 11.0. The average molecular weight is 247 g/mol. The topological polar surface area (TPSA) is 71.8 Å². The van der Waals surface area contributed by atoms with Crippen molar-refractivity contribution in [2.24, 2.45) is 0 Å². The zero-order valence-electron chi connectivity index (χ0n) is 9.74. The molecule has 0 aromatic carbocycles. The molecular weight excluding hydrogens is 234 g/mol. The van der Waals surface area contributed by atoms with Gasteiger partial charge < -0.3 is 15.0 Å². The molecule has 1 N–H and O–H groups in total. The lowest BCUT2D eigenvalue weighted by molar-refractivity contribution is 0.145. The molecule has 94 valence electrons. The fraction of sp³-hybridized carbons (Fsp3) is 0.364. The molecule has 0 aliphatic carbocycles. The molecule has 0 bridgehead atoms. The number of fused-ring (bicyclic) bond motifs is 1. The molecule has 1 amide bonds. The average Bonchev–Trinajstić information content (AvgIpc) is 2.87. The van der Waals surface area contributed by atoms with Crippen molar-refractivity contribution in [1.82, 2.24) is 25.0 Å². The summed E-state index contributed by atoms with van der Waals surface area (Å²) in [6.07, 6.45) is 2.96. The number of nitrogens with zero attached hydrogens (tertiary/aromatic N) is 4. The Kier molecular flexibility index (Phi) is 2.81. The molecule has 7 heteroatoms. The molecule has 2 aromatic rings. The summed E-state index contributed by atoms with van der Waals surface area (Å²) in [5.41, 5.74) is 0.858. The number of hydrogen-bond acceptors (Lipinski definition) is 5. The zero-order valence-corrected chi connectivity index (χ0v) is 9.74. The van der Waals surface area contributed by atoms with Crippen LogP contribution in [0.5, 0.6) is 5.75 Å². The summed E-state index contributed by atoms with van der Waals surface area (Å²) in [6, 6.07) is 3.54. The van der Waals surface area contributed by atoms with Gasteiger partial charge in [-0.15, -0.1) is 5.10 Å². The Balaban J connectivity index is 1.72. The first-order valence-electron chi connectivity index (χ1n) is 5.80. The van der Waals surface area contributed by atoms with Crippen LogP contribution in [0.3, 0.4) is 0 Å². The third kappa shape index (κ3) is 2.12. The van der Waals surface area contributed by atoms with Crippen molar-refractivity contribution in [1.29, 1.82) is 0 Å². The summed E-state index contributed by atoms with van der Waals surface area (Å²) in [6.45, 7) is 2.95. The molecule has 0 radical (unpaired) electrons. The van der Waals surface area contributed by atoms with Crippen molar-refractivity contribution < 1.29 is 9.53 Å². The van der Waals surface area contributed by atoms with E-state index in [9.17, 15) is 4.79 Å². The molecule has 1 aliphatic heterocycles. The Morgan fingerprint density at radius 3 is 3.00 bits per heavy atom. The minimum absolute atomic E-state index is 0.323. The van der Waals surface area contributed by atoms with Crippen LogP contribution in [0.1, 0.15) is 0 Å². The van der Waals surface area contributed by atoms with Crippen molar-refractivity contribution in [3.8, 4) is 5.75 Å². The summed E-state index contributed by atoms with van der Waals surface area (Å²) in [5.74, 6) is 0.469. The van der Waals surface area contributed by atoms with Crippen molar-refractivity contribution >= 4 is 11.6 Å². The monoisotopic (exact) mass is 247 g/mol. The quantitative estimate of drug-likeness (QED) is 0.775. The molecule has 1 saturated heterocycles. The van der Waals surface area contributed by atoms with Gasteiger partial charge in [0.25, 0.3) is 0 Å². The predicted molar refractivity (Wildman–Crippen MR) is 63.5 cm³/mol. The van der Waals surface area contributed by atoms with E-state index in [0.29, 0.717) is 18.8 Å². The van der Waals surface area contributed by atoms with Crippen LogP contribution in [0.4, 0.5) is 4.79 Å². The number of pyridine rings is 1. The van der Waals surface area contributed by atoms with Gasteiger partial charge in [0.05, 0.1) is 17.9 Å². The molecule has 1 fully saturated rings. The lowest BCUT2D eigenvalue weighted by Gasteiger charge is -2.26. The molecule has 0 unspecified atom stereocenters. The van der Waals surface area contributed by atoms with Gasteiger partial charge in [0.1, 0.15) is 0 Å². The number of ether oxygens (including phenoxy) is 1. The molecular formula is C11H13N5O2. The predicted octanol–water partition coefficient (Wildman–Crippen LogP) is 0.133. The summed E-state index contributed by atoms with van der Waals surface area (Å²) in [5, 5.41) is 10.8. The van der Waals surface area contributed by atoms with Gasteiger partial charge in [-0.2, -0.15) is 0 Å². The summed E-state index contributed by atoms with van der Waals surface area (Å²) in [7, 11) is 0. The van der Waals surface area contributed by atoms with Gasteiger partial charge in [0.15, 0.2) is 5.75 Å². The van der Waals surface area contributed by atoms with Crippen molar-refractivity contribution in [2.75, 3.05) is 26.2 Å². The third-order valence-electron chi connectivity index (χ3n) is 2.85. The number of aromatic nitrogens is 3. The second kappa shape index (κ2) is 4.61. The number of hydrogen-bond donors (Lipinski definition) is 1. The van der Waals surface area contributed by atoms with Crippen molar-refractivity contribution in [2.45, 2.75) is 0 Å². The van der Waals surface area contributed by atoms with Crippen LogP contribution >= 0.6 is 0 Å². The lowest BCUT2D eigenvalue weighted by atomic mass is 10.4. The van der Waals surface area contributed by atoms with Crippen LogP contribution in [0.2, 0.25) is 0 Å². The minimum atomic E-state index is -0.323. The van der Waals surface area contributed by atoms with Crippen LogP contribution in [-0.2, 0) is 0 Å². The molecule has 7 nitrogen and oxygen atoms in total. The highest BCUT2D eigenvalue weighted by atomic mass is 16.6. The Labute approximate surface area is 103 Å². The maximum absolute atomic E-state index is 11.9. The Morgan fingerprint density at radius 1 is 1.33 bits per heavy atom. The number of carbonyl (C=O) groups is 1. The summed E-state index contributed by atoms with van der Waals surface area (Å²) >= 11 is 0. The van der Waals surface area contributed by atoms with Gasteiger partial charge in [-0.05, 0) is 12.1 Å². The smallest absolute Gasteiger partial charge is 0.409 e. The van der Waals surface area contributed by atoms with E-state index in [0.717, 1.165) is 18.6 Å². The van der Waals surface area contributed by atoms with Crippen LogP contribution < -0.4 is 10.1 Å². The molecule has 0 atom stereocenters. The van der Waals surface area contributed by atoms with Gasteiger partial charge >= 0.3 is 6.09 Å². The third-order valence-corrected chi connectivity index (χ3v) is 2.85. The normalized spacial score (nSPS) is 15.9. The van der Waals surface area contributed by atoms with Crippen LogP contribution in [-0.4, -0.2) is 52.0 Å². The molecule has 0 saturated carbocycles. The van der Waals surface area contributed by atoms with Gasteiger partial charge in [0.2, 0.25) is 0 Å². The van der Waals surface area contributed by atoms with E-state index >= 15 is 0 Å². The number of rotatable bonds is 1. The molecule has 3 rings (SSSR count). The molecule has 2 aromatic heterocycles. The van der Waals surface area contributed by atoms with Gasteiger partial charge in [-0.25, -0.2) is 9.31 Å². The standard InChI is InChI=1S/C11H13N5O2/c17-11(15-5-3-12-4-6-15)18-10-2-1-9-7-13-14-16(9)8-10/h1-2,7-8,12H,3-6H2. The lowest BCUT2D eigenvalue weighted by Crippen LogP contribution is -2.47. The Bertz CT molecular complexity index is 561. The second-order valence-electron chi connectivity index (χ2n) is 4.07. The highest BCUT2D eigenvalue weighted by Gasteiger charge is 2.18. The summed E-state index contributed by atoms with van der Waals surface area (Å²) < 4.78 is 6.87. The van der Waals surface area contributed by atoms with Crippen LogP contribution in [0, 0.1) is 0 Å². The van der Waals surface area contributed by atoms with E-state index in [1.165, 1.54) is 0 Å². The van der Waals surface area contributed by atoms with Gasteiger partial charge in [-0.1, -0.05) is 5.21 Å². The first-order valence-corrected chi connectivity index (χ1v) is 5.80. The fourth-order valence-corrected chi connectivity index (χ4v) is 1.88. The fourth-order valence-electron chi connectivity index (χ4n) is 1.88. The Morgan fingerprint density at radius 2 is 2.17 bits per heavy atom. The van der Waals surface area contributed by atoms with E-state index in [1.807, 2.05) is 0 Å². The number of carbonyl (C=O) groups excluding carboxylic acids is 1. The molecule has 3 heterocycles. The highest BCUT2D eigenvalue weighted by Crippen LogP contribution is 2.13. The van der Waals surface area contributed by atoms with E-state index in [-0.39, 0.29) is 6.09 Å². The molecule has 18 heavy (non-hydrogen) atoms. The van der Waals surface area contributed by atoms with E-state index < -0.39 is 0 Å².